The van der Waals surface area contributed by atoms with Gasteiger partial charge in [0.25, 0.3) is 0 Å². The Labute approximate surface area is 185 Å². The number of hydrogen-bond donors (Lipinski definition) is 0. The van der Waals surface area contributed by atoms with Crippen LogP contribution in [0.5, 0.6) is 0 Å². The number of ether oxygens (including phenoxy) is 3. The van der Waals surface area contributed by atoms with E-state index in [2.05, 4.69) is 26.5 Å². The molecule has 0 amide bonds. The largest absolute Gasteiger partial charge is 0.383 e. The van der Waals surface area contributed by atoms with Gasteiger partial charge < -0.3 is 14.2 Å². The van der Waals surface area contributed by atoms with Crippen LogP contribution < -0.4 is 0 Å². The highest BCUT2D eigenvalue weighted by atomic mass is 16.5. The number of hydrogen-bond acceptors (Lipinski definition) is 7. The van der Waals surface area contributed by atoms with Crippen LogP contribution in [0, 0.1) is 0 Å². The lowest BCUT2D eigenvalue weighted by Crippen LogP contribution is -2.48. The van der Waals surface area contributed by atoms with Crippen molar-refractivity contribution >= 4 is 0 Å². The molecular weight excluding hydrogens is 380 g/mol. The maximum atomic E-state index is 5.97. The van der Waals surface area contributed by atoms with Crippen LogP contribution >= 0.6 is 0 Å². The van der Waals surface area contributed by atoms with Gasteiger partial charge in [-0.1, -0.05) is 20.8 Å². The smallest absolute Gasteiger partial charge is 0.0594 e. The van der Waals surface area contributed by atoms with E-state index in [0.717, 1.165) is 104 Å². The molecule has 0 spiro atoms. The molecule has 7 nitrogen and oxygen atoms in total. The van der Waals surface area contributed by atoms with E-state index in [0.29, 0.717) is 0 Å². The molecule has 3 aliphatic rings. The van der Waals surface area contributed by atoms with Crippen molar-refractivity contribution in [3.63, 3.8) is 0 Å². The molecule has 178 valence electrons. The Morgan fingerprint density at radius 2 is 1.13 bits per heavy atom. The highest BCUT2D eigenvalue weighted by molar-refractivity contribution is 4.99. The molecule has 30 heavy (non-hydrogen) atoms. The predicted octanol–water partition coefficient (Wildman–Crippen LogP) is 1.48. The van der Waals surface area contributed by atoms with Crippen LogP contribution in [0.2, 0.25) is 0 Å². The Bertz CT molecular complexity index is 421. The van der Waals surface area contributed by atoms with Gasteiger partial charge in [-0.15, -0.1) is 0 Å². The van der Waals surface area contributed by atoms with Gasteiger partial charge in [-0.3, -0.25) is 19.6 Å². The third-order valence-electron chi connectivity index (χ3n) is 6.49. The van der Waals surface area contributed by atoms with Crippen LogP contribution in [0.15, 0.2) is 0 Å². The summed E-state index contributed by atoms with van der Waals surface area (Å²) in [6.45, 7) is 21.9. The van der Waals surface area contributed by atoms with Crippen LogP contribution in [0.3, 0.4) is 0 Å². The van der Waals surface area contributed by atoms with E-state index in [9.17, 15) is 0 Å². The third kappa shape index (κ3) is 8.69. The van der Waals surface area contributed by atoms with Gasteiger partial charge in [0.2, 0.25) is 0 Å². The quantitative estimate of drug-likeness (QED) is 0.388. The molecule has 0 N–H and O–H groups in total. The van der Waals surface area contributed by atoms with Crippen LogP contribution in [-0.4, -0.2) is 137 Å². The molecule has 3 fully saturated rings. The number of methoxy groups -OCH3 is 1. The minimum Gasteiger partial charge on any atom is -0.383 e. The summed E-state index contributed by atoms with van der Waals surface area (Å²) in [5.41, 5.74) is 0. The molecule has 0 saturated carbocycles. The van der Waals surface area contributed by atoms with Crippen molar-refractivity contribution in [1.29, 1.82) is 0 Å². The second kappa shape index (κ2) is 15.5. The first-order valence-electron chi connectivity index (χ1n) is 12.4. The monoisotopic (exact) mass is 428 g/mol. The Kier molecular flexibility index (Phi) is 13.4. The van der Waals surface area contributed by atoms with E-state index in [4.69, 9.17) is 14.2 Å². The van der Waals surface area contributed by atoms with Crippen molar-refractivity contribution in [2.24, 2.45) is 0 Å². The summed E-state index contributed by atoms with van der Waals surface area (Å²) in [6.07, 6.45) is 2.45. The van der Waals surface area contributed by atoms with Gasteiger partial charge in [-0.25, -0.2) is 0 Å². The van der Waals surface area contributed by atoms with Crippen LogP contribution in [-0.2, 0) is 14.2 Å². The topological polar surface area (TPSA) is 40.7 Å². The second-order valence-corrected chi connectivity index (χ2v) is 8.43. The first kappa shape index (κ1) is 26.0. The van der Waals surface area contributed by atoms with Crippen LogP contribution in [0.25, 0.3) is 0 Å². The molecule has 0 aliphatic carbocycles. The minimum absolute atomic E-state index is 0.736. The zero-order chi connectivity index (χ0) is 21.6. The standard InChI is InChI=1S/C21H42N4O3.C2H6/c1-3-12-27-15-10-24-18-21-17-20(24)19-25(21)11-16-28-14-9-23-6-4-22(5-7-23)8-13-26-2;1-2/h20-21H,3-19H2,1-2H3;1-2H3/t20-,21?;/m0./s1. The van der Waals surface area contributed by atoms with E-state index >= 15 is 0 Å². The molecule has 0 aromatic heterocycles. The second-order valence-electron chi connectivity index (χ2n) is 8.43. The summed E-state index contributed by atoms with van der Waals surface area (Å²) in [6, 6.07) is 1.48. The van der Waals surface area contributed by atoms with Gasteiger partial charge in [0.05, 0.1) is 26.4 Å². The lowest BCUT2D eigenvalue weighted by Gasteiger charge is -2.35. The normalized spacial score (nSPS) is 25.6. The fourth-order valence-electron chi connectivity index (χ4n) is 4.74. The first-order chi connectivity index (χ1) is 14.8. The summed E-state index contributed by atoms with van der Waals surface area (Å²) >= 11 is 0. The summed E-state index contributed by atoms with van der Waals surface area (Å²) in [4.78, 5) is 10.3. The average Bonchev–Trinajstić information content (AvgIpc) is 3.37. The molecule has 1 unspecified atom stereocenters. The van der Waals surface area contributed by atoms with Crippen molar-refractivity contribution in [2.75, 3.05) is 106 Å². The maximum absolute atomic E-state index is 5.97. The lowest BCUT2D eigenvalue weighted by atomic mass is 10.2. The molecule has 3 rings (SSSR count). The van der Waals surface area contributed by atoms with Crippen molar-refractivity contribution in [1.82, 2.24) is 19.6 Å². The molecule has 2 atom stereocenters. The van der Waals surface area contributed by atoms with Gasteiger partial charge in [0, 0.05) is 91.2 Å². The third-order valence-corrected chi connectivity index (χ3v) is 6.49. The molecule has 0 radical (unpaired) electrons. The number of rotatable bonds is 14. The average molecular weight is 429 g/mol. The molecule has 7 heteroatoms. The fraction of sp³-hybridized carbons (Fsp3) is 1.00. The summed E-state index contributed by atoms with van der Waals surface area (Å²) < 4.78 is 16.8. The first-order valence-corrected chi connectivity index (χ1v) is 12.4. The maximum Gasteiger partial charge on any atom is 0.0594 e. The van der Waals surface area contributed by atoms with Crippen LogP contribution in [0.4, 0.5) is 0 Å². The number of likely N-dealkylation sites (tertiary alicyclic amines) is 2. The van der Waals surface area contributed by atoms with Crippen LogP contribution in [0.1, 0.15) is 33.6 Å². The summed E-state index contributed by atoms with van der Waals surface area (Å²) in [5.74, 6) is 0. The van der Waals surface area contributed by atoms with Crippen molar-refractivity contribution in [2.45, 2.75) is 45.7 Å². The molecule has 3 saturated heterocycles. The lowest BCUT2D eigenvalue weighted by molar-refractivity contribution is 0.0415. The Morgan fingerprint density at radius 3 is 1.60 bits per heavy atom. The van der Waals surface area contributed by atoms with E-state index in [-0.39, 0.29) is 0 Å². The van der Waals surface area contributed by atoms with E-state index in [1.165, 1.54) is 19.5 Å². The van der Waals surface area contributed by atoms with E-state index in [1.54, 1.807) is 7.11 Å². The SMILES string of the molecule is CC.CCCOCCN1CC2C[C@H]1CN2CCOCCN1CCN(CCOC)CC1. The number of nitrogens with zero attached hydrogens (tertiary/aromatic N) is 4. The summed E-state index contributed by atoms with van der Waals surface area (Å²) in [7, 11) is 1.78. The highest BCUT2D eigenvalue weighted by Gasteiger charge is 2.42. The highest BCUT2D eigenvalue weighted by Crippen LogP contribution is 2.29. The Hall–Kier alpha value is -0.280. The molecule has 2 bridgehead atoms. The van der Waals surface area contributed by atoms with Gasteiger partial charge in [0.15, 0.2) is 0 Å². The summed E-state index contributed by atoms with van der Waals surface area (Å²) in [5, 5.41) is 0. The molecule has 3 aliphatic heterocycles. The molecular formula is C23H48N4O3. The zero-order valence-corrected chi connectivity index (χ0v) is 20.2. The Balaban J connectivity index is 0.00000155. The minimum atomic E-state index is 0.736. The van der Waals surface area contributed by atoms with Crippen molar-refractivity contribution < 1.29 is 14.2 Å². The van der Waals surface area contributed by atoms with Gasteiger partial charge >= 0.3 is 0 Å². The number of piperazine rings is 2. The van der Waals surface area contributed by atoms with E-state index in [1.807, 2.05) is 13.8 Å². The number of fused-ring (bicyclic) bond motifs is 2. The van der Waals surface area contributed by atoms with Gasteiger partial charge in [0.1, 0.15) is 0 Å². The molecule has 3 heterocycles. The van der Waals surface area contributed by atoms with Crippen molar-refractivity contribution in [3.8, 4) is 0 Å². The predicted molar refractivity (Wildman–Crippen MR) is 123 cm³/mol. The zero-order valence-electron chi connectivity index (χ0n) is 20.2. The van der Waals surface area contributed by atoms with Crippen molar-refractivity contribution in [3.05, 3.63) is 0 Å². The molecule has 0 aromatic rings. The van der Waals surface area contributed by atoms with Gasteiger partial charge in [-0.05, 0) is 12.8 Å². The fourth-order valence-corrected chi connectivity index (χ4v) is 4.74. The Morgan fingerprint density at radius 1 is 0.667 bits per heavy atom. The van der Waals surface area contributed by atoms with Gasteiger partial charge in [-0.2, -0.15) is 0 Å². The molecule has 0 aromatic carbocycles. The van der Waals surface area contributed by atoms with E-state index < -0.39 is 0 Å².